The number of allylic oxidation sites excluding steroid dienone is 8. The van der Waals surface area contributed by atoms with E-state index >= 15 is 0 Å². The Kier molecular flexibility index (Phi) is 35.3. The maximum atomic E-state index is 13.3. The molecule has 8 nitrogen and oxygen atoms in total. The van der Waals surface area contributed by atoms with Crippen LogP contribution in [-0.2, 0) is 23.1 Å². The Balaban J connectivity index is 4.61. The molecular formula is C44H83NO7P+. The molecule has 0 heterocycles. The summed E-state index contributed by atoms with van der Waals surface area (Å²) in [6.07, 6.45) is 41.4. The van der Waals surface area contributed by atoms with E-state index in [1.165, 1.54) is 83.5 Å². The summed E-state index contributed by atoms with van der Waals surface area (Å²) in [7, 11) is 1.30. The van der Waals surface area contributed by atoms with Gasteiger partial charge in [-0.15, -0.1) is 0 Å². The van der Waals surface area contributed by atoms with Crippen LogP contribution in [0.1, 0.15) is 168 Å². The van der Waals surface area contributed by atoms with Crippen LogP contribution in [0.2, 0.25) is 0 Å². The molecule has 3 atom stereocenters. The summed E-state index contributed by atoms with van der Waals surface area (Å²) in [4.78, 5) is 23.8. The second-order valence-electron chi connectivity index (χ2n) is 15.5. The number of aliphatic hydroxyl groups is 1. The van der Waals surface area contributed by atoms with Crippen LogP contribution in [0, 0.1) is 0 Å². The van der Waals surface area contributed by atoms with Crippen LogP contribution in [0.4, 0.5) is 0 Å². The molecule has 2 unspecified atom stereocenters. The summed E-state index contributed by atoms with van der Waals surface area (Å²) < 4.78 is 30.0. The van der Waals surface area contributed by atoms with Gasteiger partial charge >= 0.3 is 7.82 Å². The van der Waals surface area contributed by atoms with Crippen molar-refractivity contribution in [3.05, 3.63) is 48.6 Å². The van der Waals surface area contributed by atoms with Gasteiger partial charge in [-0.3, -0.25) is 13.8 Å². The number of hydrogen-bond donors (Lipinski definition) is 2. The van der Waals surface area contributed by atoms with Gasteiger partial charge < -0.3 is 19.2 Å². The van der Waals surface area contributed by atoms with E-state index in [-0.39, 0.29) is 18.8 Å². The number of likely N-dealkylation sites (N-methyl/N-ethyl adjacent to an activating group) is 1. The van der Waals surface area contributed by atoms with Crippen molar-refractivity contribution in [2.45, 2.75) is 180 Å². The molecule has 310 valence electrons. The molecule has 9 heteroatoms. The summed E-state index contributed by atoms with van der Waals surface area (Å²) >= 11 is 0. The van der Waals surface area contributed by atoms with Gasteiger partial charge in [0.25, 0.3) is 0 Å². The van der Waals surface area contributed by atoms with Crippen molar-refractivity contribution >= 4 is 13.6 Å². The Morgan fingerprint density at radius 2 is 1.06 bits per heavy atom. The summed E-state index contributed by atoms with van der Waals surface area (Å²) in [6.45, 7) is 4.78. The third-order valence-corrected chi connectivity index (χ3v) is 10.2. The molecule has 0 aromatic heterocycles. The van der Waals surface area contributed by atoms with E-state index in [0.717, 1.165) is 57.8 Å². The Morgan fingerprint density at radius 3 is 1.53 bits per heavy atom. The summed E-state index contributed by atoms with van der Waals surface area (Å²) in [5.41, 5.74) is 0. The molecule has 0 aliphatic heterocycles. The first-order chi connectivity index (χ1) is 25.6. The number of quaternary nitrogens is 1. The van der Waals surface area contributed by atoms with Crippen molar-refractivity contribution in [2.24, 2.45) is 0 Å². The monoisotopic (exact) mass is 769 g/mol. The standard InChI is InChI=1S/C44H82NO7P/c1-6-8-10-12-14-16-18-20-21-22-23-24-26-28-30-32-34-36-39-50-43(41-46)44(52-53(48,49)51-40-38-45(3,4)5)42(47)37-35-33-31-29-27-25-19-17-15-13-11-9-7-2/h14,16,20-21,23-24,28,30,43-44,46H,6-13,15,17-19,22,25-27,29,31-41H2,1-5H3/p+1/b16-14-,21-20-,24-23-,30-28-/t43-,44?/m0/s1. The SMILES string of the molecule is CCCCC/C=C\C/C=C\C/C=C\C/C=C\CCCCO[C@@H](CO)C(OP(=O)(O)OCC[N+](C)(C)C)C(=O)CCCCCCCCCCCCCCC. The lowest BCUT2D eigenvalue weighted by atomic mass is 10.0. The molecule has 53 heavy (non-hydrogen) atoms. The van der Waals surface area contributed by atoms with Gasteiger partial charge in [-0.25, -0.2) is 4.57 Å². The van der Waals surface area contributed by atoms with E-state index in [1.54, 1.807) is 0 Å². The number of rotatable bonds is 39. The second-order valence-corrected chi connectivity index (χ2v) is 16.9. The largest absolute Gasteiger partial charge is 0.473 e. The molecule has 0 spiro atoms. The topological polar surface area (TPSA) is 102 Å². The van der Waals surface area contributed by atoms with Gasteiger partial charge in [-0.05, 0) is 57.8 Å². The van der Waals surface area contributed by atoms with Crippen molar-refractivity contribution in [1.29, 1.82) is 0 Å². The van der Waals surface area contributed by atoms with Crippen molar-refractivity contribution in [2.75, 3.05) is 47.5 Å². The van der Waals surface area contributed by atoms with Crippen LogP contribution in [0.5, 0.6) is 0 Å². The summed E-state index contributed by atoms with van der Waals surface area (Å²) in [5, 5.41) is 10.2. The van der Waals surface area contributed by atoms with Gasteiger partial charge in [-0.2, -0.15) is 0 Å². The highest BCUT2D eigenvalue weighted by Gasteiger charge is 2.37. The van der Waals surface area contributed by atoms with E-state index in [0.29, 0.717) is 24.1 Å². The predicted octanol–water partition coefficient (Wildman–Crippen LogP) is 11.8. The number of carbonyl (C=O) groups excluding carboxylic acids is 1. The minimum atomic E-state index is -4.55. The molecule has 0 aliphatic rings. The number of hydrogen-bond acceptors (Lipinski definition) is 6. The zero-order valence-electron chi connectivity index (χ0n) is 34.9. The fraction of sp³-hybridized carbons (Fsp3) is 0.795. The minimum Gasteiger partial charge on any atom is -0.394 e. The molecule has 0 aromatic carbocycles. The lowest BCUT2D eigenvalue weighted by molar-refractivity contribution is -0.870. The minimum absolute atomic E-state index is 0.000817. The number of carbonyl (C=O) groups is 1. The molecule has 2 N–H and O–H groups in total. The van der Waals surface area contributed by atoms with Gasteiger partial charge in [0.1, 0.15) is 19.3 Å². The van der Waals surface area contributed by atoms with E-state index < -0.39 is 26.6 Å². The number of ether oxygens (including phenoxy) is 1. The molecule has 0 fully saturated rings. The van der Waals surface area contributed by atoms with Gasteiger partial charge in [0.2, 0.25) is 0 Å². The molecule has 0 aliphatic carbocycles. The molecular weight excluding hydrogens is 685 g/mol. The molecule has 0 rings (SSSR count). The summed E-state index contributed by atoms with van der Waals surface area (Å²) in [6, 6.07) is 0. The first-order valence-electron chi connectivity index (χ1n) is 21.4. The number of aliphatic hydroxyl groups excluding tert-OH is 1. The number of ketones is 1. The Hall–Kier alpha value is -1.38. The zero-order valence-corrected chi connectivity index (χ0v) is 35.8. The molecule has 0 saturated heterocycles. The van der Waals surface area contributed by atoms with Crippen molar-refractivity contribution in [3.63, 3.8) is 0 Å². The fourth-order valence-electron chi connectivity index (χ4n) is 5.79. The molecule has 0 amide bonds. The Morgan fingerprint density at radius 1 is 0.623 bits per heavy atom. The van der Waals surface area contributed by atoms with Crippen LogP contribution < -0.4 is 0 Å². The van der Waals surface area contributed by atoms with Crippen LogP contribution in [0.15, 0.2) is 48.6 Å². The second kappa shape index (κ2) is 36.3. The van der Waals surface area contributed by atoms with E-state index in [2.05, 4.69) is 62.5 Å². The van der Waals surface area contributed by atoms with Crippen LogP contribution in [0.3, 0.4) is 0 Å². The highest BCUT2D eigenvalue weighted by atomic mass is 31.2. The van der Waals surface area contributed by atoms with Crippen molar-refractivity contribution < 1.29 is 37.6 Å². The van der Waals surface area contributed by atoms with Gasteiger partial charge in [0.15, 0.2) is 11.9 Å². The third kappa shape index (κ3) is 36.0. The van der Waals surface area contributed by atoms with Crippen LogP contribution in [-0.4, -0.2) is 80.0 Å². The Bertz CT molecular complexity index is 1000. The van der Waals surface area contributed by atoms with Crippen LogP contribution >= 0.6 is 7.82 Å². The van der Waals surface area contributed by atoms with Gasteiger partial charge in [0, 0.05) is 13.0 Å². The smallest absolute Gasteiger partial charge is 0.394 e. The average Bonchev–Trinajstić information content (AvgIpc) is 3.11. The molecule has 0 bridgehead atoms. The number of nitrogens with zero attached hydrogens (tertiary/aromatic N) is 1. The lowest BCUT2D eigenvalue weighted by Crippen LogP contribution is -2.41. The maximum absolute atomic E-state index is 13.3. The molecule has 0 radical (unpaired) electrons. The normalized spacial score (nSPS) is 15.0. The van der Waals surface area contributed by atoms with E-state index in [4.69, 9.17) is 13.8 Å². The predicted molar refractivity (Wildman–Crippen MR) is 224 cm³/mol. The van der Waals surface area contributed by atoms with Gasteiger partial charge in [0.05, 0.1) is 27.7 Å². The average molecular weight is 769 g/mol. The highest BCUT2D eigenvalue weighted by Crippen LogP contribution is 2.45. The molecule has 0 saturated carbocycles. The van der Waals surface area contributed by atoms with Crippen molar-refractivity contribution in [1.82, 2.24) is 0 Å². The Labute approximate surface area is 326 Å². The number of phosphoric ester groups is 1. The van der Waals surface area contributed by atoms with E-state index in [1.807, 2.05) is 21.1 Å². The summed E-state index contributed by atoms with van der Waals surface area (Å²) in [5.74, 6) is -0.335. The maximum Gasteiger partial charge on any atom is 0.473 e. The number of Topliss-reactive ketones (excluding diaryl/α,β-unsaturated/α-hetero) is 1. The first kappa shape index (κ1) is 51.6. The van der Waals surface area contributed by atoms with E-state index in [9.17, 15) is 19.4 Å². The van der Waals surface area contributed by atoms with Gasteiger partial charge in [-0.1, -0.05) is 152 Å². The fourth-order valence-corrected chi connectivity index (χ4v) is 6.71. The third-order valence-electron chi connectivity index (χ3n) is 9.18. The van der Waals surface area contributed by atoms with Crippen LogP contribution in [0.25, 0.3) is 0 Å². The number of phosphoric acid groups is 1. The zero-order chi connectivity index (χ0) is 39.3. The lowest BCUT2D eigenvalue weighted by Gasteiger charge is -2.27. The highest BCUT2D eigenvalue weighted by molar-refractivity contribution is 7.47. The number of unbranched alkanes of at least 4 members (excludes halogenated alkanes) is 17. The quantitative estimate of drug-likeness (QED) is 0.0278. The molecule has 0 aromatic rings. The van der Waals surface area contributed by atoms with Crippen molar-refractivity contribution in [3.8, 4) is 0 Å². The first-order valence-corrected chi connectivity index (χ1v) is 22.9.